The zero-order valence-corrected chi connectivity index (χ0v) is 23.7. The zero-order valence-electron chi connectivity index (χ0n) is 23.7. The largest absolute Gasteiger partial charge is 0.497 e. The Morgan fingerprint density at radius 2 is 1.59 bits per heavy atom. The van der Waals surface area contributed by atoms with Gasteiger partial charge >= 0.3 is 0 Å². The summed E-state index contributed by atoms with van der Waals surface area (Å²) in [5.74, 6) is 0.906. The highest BCUT2D eigenvalue weighted by molar-refractivity contribution is 6.03. The van der Waals surface area contributed by atoms with E-state index in [-0.39, 0.29) is 10.8 Å². The topological polar surface area (TPSA) is 18.7 Å². The fourth-order valence-corrected chi connectivity index (χ4v) is 5.61. The molecule has 37 heavy (non-hydrogen) atoms. The Balaban J connectivity index is 1.52. The fraction of sp³-hybridized carbons (Fsp3) is 0.364. The number of hydrogen-bond acceptors (Lipinski definition) is 3. The molecule has 0 aromatic heterocycles. The van der Waals surface area contributed by atoms with E-state index in [4.69, 9.17) is 4.74 Å². The fourth-order valence-electron chi connectivity index (χ4n) is 5.61. The molecule has 0 N–H and O–H groups in total. The number of allylic oxidation sites excluding steroid dienone is 8. The average molecular weight is 497 g/mol. The molecule has 2 aromatic rings. The average Bonchev–Trinajstić information content (AvgIpc) is 3.20. The molecule has 0 saturated heterocycles. The maximum Gasteiger partial charge on any atom is 0.209 e. The highest BCUT2D eigenvalue weighted by Gasteiger charge is 2.42. The molecule has 2 heterocycles. The number of benzene rings is 2. The van der Waals surface area contributed by atoms with Crippen molar-refractivity contribution in [3.63, 3.8) is 0 Å². The Kier molecular flexibility index (Phi) is 7.61. The number of fused-ring (bicyclic) bond motifs is 2. The van der Waals surface area contributed by atoms with Gasteiger partial charge in [-0.3, -0.25) is 0 Å². The van der Waals surface area contributed by atoms with Crippen molar-refractivity contribution in [2.24, 2.45) is 0 Å². The second-order valence-corrected chi connectivity index (χ2v) is 11.2. The van der Waals surface area contributed by atoms with Crippen LogP contribution in [0, 0.1) is 0 Å². The van der Waals surface area contributed by atoms with E-state index in [1.807, 2.05) is 0 Å². The molecule has 4 nitrogen and oxygen atoms in total. The van der Waals surface area contributed by atoms with Gasteiger partial charge in [0.15, 0.2) is 5.71 Å². The molecule has 0 amide bonds. The standard InChI is InChI=1S/C33H42N3O/c1-32(2)26-16-14-15-17-28(26)35(7)30(32)18-12-10-9-11-13-19-31-33(3,4)27-24-25(37-8)20-21-29(27)36(31)23-22-34(5)6/h9-21,24H,22-23H2,1-8H3/q+1. The van der Waals surface area contributed by atoms with E-state index in [2.05, 4.69) is 148 Å². The van der Waals surface area contributed by atoms with Gasteiger partial charge in [0.2, 0.25) is 5.69 Å². The number of hydrogen-bond donors (Lipinski definition) is 0. The number of rotatable bonds is 8. The highest BCUT2D eigenvalue weighted by Crippen LogP contribution is 2.48. The summed E-state index contributed by atoms with van der Waals surface area (Å²) in [4.78, 5) is 4.69. The molecule has 2 aromatic carbocycles. The smallest absolute Gasteiger partial charge is 0.209 e. The number of methoxy groups -OCH3 is 1. The minimum absolute atomic E-state index is 0.00228. The van der Waals surface area contributed by atoms with Crippen molar-refractivity contribution in [1.82, 2.24) is 4.90 Å². The van der Waals surface area contributed by atoms with Crippen molar-refractivity contribution < 1.29 is 9.31 Å². The number of likely N-dealkylation sites (N-methyl/N-ethyl adjacent to an activating group) is 1. The lowest BCUT2D eigenvalue weighted by Gasteiger charge is -2.28. The van der Waals surface area contributed by atoms with Crippen LogP contribution in [0.15, 0.2) is 90.7 Å². The van der Waals surface area contributed by atoms with Gasteiger partial charge < -0.3 is 14.5 Å². The molecule has 4 heteroatoms. The summed E-state index contributed by atoms with van der Waals surface area (Å²) in [6.07, 6.45) is 15.1. The monoisotopic (exact) mass is 496 g/mol. The van der Waals surface area contributed by atoms with E-state index in [1.54, 1.807) is 7.11 Å². The molecular formula is C33H42N3O+. The molecular weight excluding hydrogens is 454 g/mol. The van der Waals surface area contributed by atoms with Crippen molar-refractivity contribution in [2.45, 2.75) is 38.5 Å². The van der Waals surface area contributed by atoms with Gasteiger partial charge in [0.1, 0.15) is 12.8 Å². The molecule has 2 aliphatic heterocycles. The SMILES string of the molecule is COc1ccc2c(c1)C(C)(C)\C(=C/C=C/C=C/C=C/C1=[N+](C)c3ccccc3C1(C)C)N2CCN(C)C. The first-order chi connectivity index (χ1) is 17.6. The minimum Gasteiger partial charge on any atom is -0.497 e. The van der Waals surface area contributed by atoms with Gasteiger partial charge in [-0.25, -0.2) is 0 Å². The van der Waals surface area contributed by atoms with Crippen molar-refractivity contribution in [3.8, 4) is 5.75 Å². The maximum atomic E-state index is 5.53. The van der Waals surface area contributed by atoms with Crippen LogP contribution in [0.5, 0.6) is 5.75 Å². The summed E-state index contributed by atoms with van der Waals surface area (Å²) < 4.78 is 7.83. The maximum absolute atomic E-state index is 5.53. The third-order valence-corrected chi connectivity index (χ3v) is 7.76. The predicted octanol–water partition coefficient (Wildman–Crippen LogP) is 6.61. The van der Waals surface area contributed by atoms with E-state index < -0.39 is 0 Å². The van der Waals surface area contributed by atoms with Crippen LogP contribution in [0.25, 0.3) is 0 Å². The van der Waals surface area contributed by atoms with Crippen molar-refractivity contribution >= 4 is 17.1 Å². The molecule has 194 valence electrons. The Bertz CT molecular complexity index is 1300. The predicted molar refractivity (Wildman–Crippen MR) is 158 cm³/mol. The third kappa shape index (κ3) is 5.08. The summed E-state index contributed by atoms with van der Waals surface area (Å²) in [7, 11) is 8.14. The van der Waals surface area contributed by atoms with Crippen LogP contribution in [-0.2, 0) is 10.8 Å². The van der Waals surface area contributed by atoms with Gasteiger partial charge in [-0.2, -0.15) is 4.58 Å². The lowest BCUT2D eigenvalue weighted by atomic mass is 9.81. The number of nitrogens with zero attached hydrogens (tertiary/aromatic N) is 3. The molecule has 0 saturated carbocycles. The second kappa shape index (κ2) is 10.5. The van der Waals surface area contributed by atoms with Crippen molar-refractivity contribution in [3.05, 3.63) is 102 Å². The molecule has 0 spiro atoms. The number of ether oxygens (including phenoxy) is 1. The van der Waals surface area contributed by atoms with Gasteiger partial charge in [-0.05, 0) is 57.8 Å². The number of anilines is 1. The van der Waals surface area contributed by atoms with Gasteiger partial charge in [-0.15, -0.1) is 0 Å². The lowest BCUT2D eigenvalue weighted by molar-refractivity contribution is -0.401. The van der Waals surface area contributed by atoms with Crippen LogP contribution in [0.4, 0.5) is 11.4 Å². The van der Waals surface area contributed by atoms with Crippen LogP contribution < -0.4 is 9.64 Å². The van der Waals surface area contributed by atoms with Crippen LogP contribution >= 0.6 is 0 Å². The normalized spacial score (nSPS) is 19.3. The molecule has 4 rings (SSSR count). The first-order valence-electron chi connectivity index (χ1n) is 13.1. The highest BCUT2D eigenvalue weighted by atomic mass is 16.5. The van der Waals surface area contributed by atoms with Crippen LogP contribution in [0.1, 0.15) is 38.8 Å². The summed E-state index contributed by atoms with van der Waals surface area (Å²) in [5.41, 5.74) is 7.76. The molecule has 0 radical (unpaired) electrons. The zero-order chi connectivity index (χ0) is 26.8. The Morgan fingerprint density at radius 3 is 2.30 bits per heavy atom. The van der Waals surface area contributed by atoms with Gasteiger partial charge in [0, 0.05) is 47.6 Å². The molecule has 0 fully saturated rings. The number of para-hydroxylation sites is 1. The van der Waals surface area contributed by atoms with Crippen molar-refractivity contribution in [1.29, 1.82) is 0 Å². The van der Waals surface area contributed by atoms with E-state index in [0.29, 0.717) is 0 Å². The molecule has 2 aliphatic rings. The van der Waals surface area contributed by atoms with Crippen molar-refractivity contribution in [2.75, 3.05) is 46.2 Å². The summed E-state index contributed by atoms with van der Waals surface area (Å²) in [6.45, 7) is 11.1. The molecule has 0 aliphatic carbocycles. The minimum atomic E-state index is -0.103. The van der Waals surface area contributed by atoms with E-state index in [1.165, 1.54) is 33.9 Å². The summed E-state index contributed by atoms with van der Waals surface area (Å²) in [5, 5.41) is 0. The lowest BCUT2D eigenvalue weighted by Crippen LogP contribution is -2.32. The van der Waals surface area contributed by atoms with Gasteiger partial charge in [0.25, 0.3) is 0 Å². The van der Waals surface area contributed by atoms with Crippen LogP contribution in [0.2, 0.25) is 0 Å². The summed E-state index contributed by atoms with van der Waals surface area (Å²) >= 11 is 0. The first-order valence-corrected chi connectivity index (χ1v) is 13.1. The Morgan fingerprint density at radius 1 is 0.892 bits per heavy atom. The van der Waals surface area contributed by atoms with E-state index >= 15 is 0 Å². The summed E-state index contributed by atoms with van der Waals surface area (Å²) in [6, 6.07) is 15.1. The van der Waals surface area contributed by atoms with Gasteiger partial charge in [0.05, 0.1) is 12.5 Å². The van der Waals surface area contributed by atoms with Crippen LogP contribution in [0.3, 0.4) is 0 Å². The Labute approximate surface area is 223 Å². The quantitative estimate of drug-likeness (QED) is 0.303. The van der Waals surface area contributed by atoms with Crippen LogP contribution in [-0.4, -0.2) is 56.5 Å². The van der Waals surface area contributed by atoms with E-state index in [0.717, 1.165) is 18.8 Å². The Hall–Kier alpha value is -3.37. The van der Waals surface area contributed by atoms with Gasteiger partial charge in [-0.1, -0.05) is 62.4 Å². The van der Waals surface area contributed by atoms with E-state index in [9.17, 15) is 0 Å². The first kappa shape index (κ1) is 26.7. The third-order valence-electron chi connectivity index (χ3n) is 7.76. The molecule has 0 bridgehead atoms. The molecule has 0 atom stereocenters. The molecule has 0 unspecified atom stereocenters. The second-order valence-electron chi connectivity index (χ2n) is 11.2.